The second-order valence-electron chi connectivity index (χ2n) is 4.73. The monoisotopic (exact) mass is 238 g/mol. The number of hydrogen-bond acceptors (Lipinski definition) is 2. The summed E-state index contributed by atoms with van der Waals surface area (Å²) in [4.78, 5) is 2.39. The van der Waals surface area contributed by atoms with Gasteiger partial charge in [0.1, 0.15) is 0 Å². The highest BCUT2D eigenvalue weighted by Gasteiger charge is 2.22. The van der Waals surface area contributed by atoms with E-state index in [-0.39, 0.29) is 0 Å². The van der Waals surface area contributed by atoms with Gasteiger partial charge < -0.3 is 10.2 Å². The lowest BCUT2D eigenvalue weighted by molar-refractivity contribution is 0.492. The van der Waals surface area contributed by atoms with Crippen molar-refractivity contribution in [1.29, 1.82) is 0 Å². The van der Waals surface area contributed by atoms with E-state index in [1.807, 2.05) is 18.2 Å². The molecule has 1 aromatic rings. The molecular weight excluding hydrogens is 220 g/mol. The molecule has 0 aromatic heterocycles. The molecule has 88 valence electrons. The molecule has 0 bridgehead atoms. The quantitative estimate of drug-likeness (QED) is 0.871. The second kappa shape index (κ2) is 5.07. The maximum absolute atomic E-state index is 6.00. The van der Waals surface area contributed by atoms with E-state index in [9.17, 15) is 0 Å². The number of nitrogens with one attached hydrogen (secondary N) is 1. The average Bonchev–Trinajstić information content (AvgIpc) is 2.65. The summed E-state index contributed by atoms with van der Waals surface area (Å²) in [5.74, 6) is 0. The van der Waals surface area contributed by atoms with Gasteiger partial charge in [0, 0.05) is 35.9 Å². The molecule has 1 fully saturated rings. The zero-order valence-corrected chi connectivity index (χ0v) is 10.7. The van der Waals surface area contributed by atoms with Crippen molar-refractivity contribution in [2.45, 2.75) is 32.4 Å². The molecule has 1 atom stereocenters. The van der Waals surface area contributed by atoms with Gasteiger partial charge in [0.05, 0.1) is 0 Å². The molecule has 1 saturated heterocycles. The molecule has 2 nitrogen and oxygen atoms in total. The van der Waals surface area contributed by atoms with Crippen LogP contribution in [0.4, 0.5) is 5.69 Å². The first-order valence-electron chi connectivity index (χ1n) is 5.91. The molecule has 0 spiro atoms. The van der Waals surface area contributed by atoms with Crippen molar-refractivity contribution < 1.29 is 0 Å². The number of anilines is 1. The number of rotatable bonds is 3. The van der Waals surface area contributed by atoms with Crippen LogP contribution in [0.5, 0.6) is 0 Å². The highest BCUT2D eigenvalue weighted by Crippen LogP contribution is 2.23. The predicted octanol–water partition coefficient (Wildman–Crippen LogP) is 2.92. The van der Waals surface area contributed by atoms with Gasteiger partial charge in [-0.25, -0.2) is 0 Å². The van der Waals surface area contributed by atoms with Crippen LogP contribution in [-0.2, 0) is 0 Å². The summed E-state index contributed by atoms with van der Waals surface area (Å²) >= 11 is 6.00. The Morgan fingerprint density at radius 2 is 2.25 bits per heavy atom. The summed E-state index contributed by atoms with van der Waals surface area (Å²) in [6.45, 7) is 6.59. The Labute approximate surface area is 103 Å². The Morgan fingerprint density at radius 1 is 1.44 bits per heavy atom. The summed E-state index contributed by atoms with van der Waals surface area (Å²) in [6.07, 6.45) is 1.21. The molecule has 16 heavy (non-hydrogen) atoms. The maximum Gasteiger partial charge on any atom is 0.0426 e. The number of hydrogen-bond donors (Lipinski definition) is 1. The van der Waals surface area contributed by atoms with Crippen LogP contribution in [0.1, 0.15) is 20.3 Å². The minimum atomic E-state index is 0.560. The Kier molecular flexibility index (Phi) is 3.72. The average molecular weight is 239 g/mol. The van der Waals surface area contributed by atoms with Gasteiger partial charge in [-0.05, 0) is 24.6 Å². The van der Waals surface area contributed by atoms with Crippen molar-refractivity contribution in [3.05, 3.63) is 29.3 Å². The lowest BCUT2D eigenvalue weighted by Gasteiger charge is -2.20. The molecule has 1 N–H and O–H groups in total. The summed E-state index contributed by atoms with van der Waals surface area (Å²) in [6, 6.07) is 9.28. The Balaban J connectivity index is 1.98. The Morgan fingerprint density at radius 3 is 2.94 bits per heavy atom. The summed E-state index contributed by atoms with van der Waals surface area (Å²) in [5, 5.41) is 4.40. The molecular formula is C13H19ClN2. The zero-order chi connectivity index (χ0) is 11.5. The van der Waals surface area contributed by atoms with E-state index >= 15 is 0 Å². The summed E-state index contributed by atoms with van der Waals surface area (Å²) in [7, 11) is 0. The van der Waals surface area contributed by atoms with E-state index in [2.05, 4.69) is 30.1 Å². The molecule has 2 rings (SSSR count). The fraction of sp³-hybridized carbons (Fsp3) is 0.538. The highest BCUT2D eigenvalue weighted by atomic mass is 35.5. The normalized spacial score (nSPS) is 20.8. The number of halogens is 1. The van der Waals surface area contributed by atoms with Gasteiger partial charge in [-0.2, -0.15) is 0 Å². The van der Waals surface area contributed by atoms with Crippen molar-refractivity contribution >= 4 is 17.3 Å². The van der Waals surface area contributed by atoms with E-state index in [1.54, 1.807) is 0 Å². The summed E-state index contributed by atoms with van der Waals surface area (Å²) in [5.41, 5.74) is 1.24. The Hall–Kier alpha value is -0.730. The molecule has 1 aliphatic rings. The Bertz CT molecular complexity index is 352. The van der Waals surface area contributed by atoms with Gasteiger partial charge in [0.15, 0.2) is 0 Å². The van der Waals surface area contributed by atoms with Crippen LogP contribution < -0.4 is 10.2 Å². The van der Waals surface area contributed by atoms with Crippen LogP contribution in [0.2, 0.25) is 5.02 Å². The fourth-order valence-corrected chi connectivity index (χ4v) is 2.46. The molecule has 0 aliphatic carbocycles. The second-order valence-corrected chi connectivity index (χ2v) is 5.17. The first-order chi connectivity index (χ1) is 7.65. The van der Waals surface area contributed by atoms with Gasteiger partial charge >= 0.3 is 0 Å². The van der Waals surface area contributed by atoms with Crippen LogP contribution in [0, 0.1) is 0 Å². The van der Waals surface area contributed by atoms with Crippen molar-refractivity contribution in [1.82, 2.24) is 5.32 Å². The molecule has 0 amide bonds. The van der Waals surface area contributed by atoms with Crippen molar-refractivity contribution in [2.75, 3.05) is 18.0 Å². The standard InChI is InChI=1S/C13H19ClN2/c1-10(2)15-12-6-7-16(9-12)13-5-3-4-11(14)8-13/h3-5,8,10,12,15H,6-7,9H2,1-2H3/t12-/m1/s1. The van der Waals surface area contributed by atoms with Crippen LogP contribution in [0.15, 0.2) is 24.3 Å². The van der Waals surface area contributed by atoms with Gasteiger partial charge in [-0.3, -0.25) is 0 Å². The van der Waals surface area contributed by atoms with E-state index < -0.39 is 0 Å². The minimum absolute atomic E-state index is 0.560. The molecule has 0 radical (unpaired) electrons. The minimum Gasteiger partial charge on any atom is -0.370 e. The third-order valence-corrected chi connectivity index (χ3v) is 3.17. The van der Waals surface area contributed by atoms with Gasteiger partial charge in [-0.1, -0.05) is 31.5 Å². The van der Waals surface area contributed by atoms with Crippen molar-refractivity contribution in [3.63, 3.8) is 0 Å². The topological polar surface area (TPSA) is 15.3 Å². The summed E-state index contributed by atoms with van der Waals surface area (Å²) < 4.78 is 0. The van der Waals surface area contributed by atoms with Gasteiger partial charge in [0.25, 0.3) is 0 Å². The van der Waals surface area contributed by atoms with Crippen LogP contribution in [0.25, 0.3) is 0 Å². The maximum atomic E-state index is 6.00. The molecule has 1 heterocycles. The molecule has 0 unspecified atom stereocenters. The smallest absolute Gasteiger partial charge is 0.0426 e. The molecule has 1 aromatic carbocycles. The lowest BCUT2D eigenvalue weighted by Crippen LogP contribution is -2.36. The van der Waals surface area contributed by atoms with Crippen molar-refractivity contribution in [2.24, 2.45) is 0 Å². The van der Waals surface area contributed by atoms with Gasteiger partial charge in [0.2, 0.25) is 0 Å². The first kappa shape index (κ1) is 11.7. The molecule has 0 saturated carbocycles. The molecule has 1 aliphatic heterocycles. The van der Waals surface area contributed by atoms with Crippen LogP contribution >= 0.6 is 11.6 Å². The van der Waals surface area contributed by atoms with E-state index in [1.165, 1.54) is 12.1 Å². The number of nitrogens with zero attached hydrogens (tertiary/aromatic N) is 1. The SMILES string of the molecule is CC(C)N[C@@H]1CCN(c2cccc(Cl)c2)C1. The number of benzene rings is 1. The molecule has 3 heteroatoms. The van der Waals surface area contributed by atoms with Crippen molar-refractivity contribution in [3.8, 4) is 0 Å². The predicted molar refractivity (Wildman–Crippen MR) is 70.3 cm³/mol. The van der Waals surface area contributed by atoms with E-state index in [0.29, 0.717) is 12.1 Å². The largest absolute Gasteiger partial charge is 0.370 e. The first-order valence-corrected chi connectivity index (χ1v) is 6.29. The van der Waals surface area contributed by atoms with Crippen LogP contribution in [0.3, 0.4) is 0 Å². The zero-order valence-electron chi connectivity index (χ0n) is 9.91. The lowest BCUT2D eigenvalue weighted by atomic mass is 10.2. The highest BCUT2D eigenvalue weighted by molar-refractivity contribution is 6.30. The van der Waals surface area contributed by atoms with E-state index in [0.717, 1.165) is 18.1 Å². The fourth-order valence-electron chi connectivity index (χ4n) is 2.28. The third-order valence-electron chi connectivity index (χ3n) is 2.93. The van der Waals surface area contributed by atoms with Crippen LogP contribution in [-0.4, -0.2) is 25.2 Å². The van der Waals surface area contributed by atoms with E-state index in [4.69, 9.17) is 11.6 Å². The van der Waals surface area contributed by atoms with Gasteiger partial charge in [-0.15, -0.1) is 0 Å². The third kappa shape index (κ3) is 2.89.